The van der Waals surface area contributed by atoms with Gasteiger partial charge in [0.05, 0.1) is 41.8 Å². The Labute approximate surface area is 382 Å². The lowest BCUT2D eigenvalue weighted by molar-refractivity contribution is -0.126. The van der Waals surface area contributed by atoms with Crippen LogP contribution in [0.2, 0.25) is 5.02 Å². The summed E-state index contributed by atoms with van der Waals surface area (Å²) in [5.74, 6) is -3.38. The van der Waals surface area contributed by atoms with Crippen molar-refractivity contribution in [2.45, 2.75) is 78.4 Å². The fourth-order valence-electron chi connectivity index (χ4n) is 7.65. The van der Waals surface area contributed by atoms with Crippen LogP contribution in [-0.4, -0.2) is 98.5 Å². The van der Waals surface area contributed by atoms with Crippen molar-refractivity contribution in [1.82, 2.24) is 39.8 Å². The van der Waals surface area contributed by atoms with E-state index in [1.54, 1.807) is 35.9 Å². The number of halogens is 3. The first kappa shape index (κ1) is 48.3. The molecule has 1 aliphatic rings. The third-order valence-corrected chi connectivity index (χ3v) is 11.5. The molecule has 5 aromatic rings. The number of imidazole rings is 1. The molecule has 0 atom stereocenters. The van der Waals surface area contributed by atoms with E-state index in [9.17, 15) is 19.2 Å². The number of aryl methyl sites for hydroxylation is 2. The van der Waals surface area contributed by atoms with Gasteiger partial charge in [-0.2, -0.15) is 5.10 Å². The number of ether oxygens (including phenoxy) is 2. The maximum Gasteiger partial charge on any atom is 0.407 e. The van der Waals surface area contributed by atoms with Crippen molar-refractivity contribution in [3.05, 3.63) is 106 Å². The Bertz CT molecular complexity index is 2510. The number of hydrogen-bond acceptors (Lipinski definition) is 9. The topological polar surface area (TPSA) is 175 Å². The molecule has 15 nitrogen and oxygen atoms in total. The van der Waals surface area contributed by atoms with Gasteiger partial charge in [-0.05, 0) is 108 Å². The molecule has 6 rings (SSSR count). The fourth-order valence-corrected chi connectivity index (χ4v) is 7.91. The molecule has 18 heteroatoms. The Hall–Kier alpha value is -6.20. The number of piperidine rings is 1. The van der Waals surface area contributed by atoms with Gasteiger partial charge < -0.3 is 34.9 Å². The minimum Gasteiger partial charge on any atom is -0.444 e. The van der Waals surface area contributed by atoms with Crippen molar-refractivity contribution in [3.8, 4) is 22.4 Å². The molecule has 0 radical (unpaired) electrons. The normalized spacial score (nSPS) is 13.2. The third kappa shape index (κ3) is 12.3. The highest BCUT2D eigenvalue weighted by Crippen LogP contribution is 2.33. The molecular weight excluding hydrogens is 860 g/mol. The van der Waals surface area contributed by atoms with E-state index in [0.717, 1.165) is 30.5 Å². The number of rotatable bonds is 17. The van der Waals surface area contributed by atoms with Crippen LogP contribution < -0.4 is 16.0 Å². The van der Waals surface area contributed by atoms with Crippen LogP contribution in [0.25, 0.3) is 22.4 Å². The predicted molar refractivity (Wildman–Crippen MR) is 243 cm³/mol. The number of amides is 4. The van der Waals surface area contributed by atoms with Crippen LogP contribution in [0.5, 0.6) is 0 Å². The van der Waals surface area contributed by atoms with Gasteiger partial charge in [-0.3, -0.25) is 24.0 Å². The molecular formula is C47H56ClF2N9O6. The maximum atomic E-state index is 15.6. The van der Waals surface area contributed by atoms with Gasteiger partial charge >= 0.3 is 6.09 Å². The Morgan fingerprint density at radius 2 is 1.60 bits per heavy atom. The highest BCUT2D eigenvalue weighted by Gasteiger charge is 2.29. The zero-order valence-electron chi connectivity index (χ0n) is 37.6. The molecule has 346 valence electrons. The molecule has 1 saturated heterocycles. The minimum atomic E-state index is -1.09. The van der Waals surface area contributed by atoms with Crippen LogP contribution in [0.4, 0.5) is 19.3 Å². The Morgan fingerprint density at radius 3 is 2.32 bits per heavy atom. The number of likely N-dealkylation sites (tertiary alicyclic amines) is 1. The van der Waals surface area contributed by atoms with Crippen molar-refractivity contribution in [2.75, 3.05) is 45.2 Å². The molecule has 0 spiro atoms. The second kappa shape index (κ2) is 21.7. The molecule has 0 unspecified atom stereocenters. The quantitative estimate of drug-likeness (QED) is 0.0797. The van der Waals surface area contributed by atoms with Crippen molar-refractivity contribution in [1.29, 1.82) is 0 Å². The summed E-state index contributed by atoms with van der Waals surface area (Å²) in [6, 6.07) is 11.5. The first-order valence-corrected chi connectivity index (χ1v) is 22.0. The number of nitrogens with zero attached hydrogens (tertiary/aromatic N) is 6. The van der Waals surface area contributed by atoms with Gasteiger partial charge in [0.2, 0.25) is 5.91 Å². The van der Waals surface area contributed by atoms with E-state index in [0.29, 0.717) is 75.5 Å². The number of carbonyl (C=O) groups is 4. The molecule has 4 amide bonds. The van der Waals surface area contributed by atoms with Crippen LogP contribution in [0.15, 0.2) is 61.1 Å². The van der Waals surface area contributed by atoms with Gasteiger partial charge in [-0.15, -0.1) is 0 Å². The molecule has 2 aromatic carbocycles. The van der Waals surface area contributed by atoms with Crippen LogP contribution in [0.3, 0.4) is 0 Å². The van der Waals surface area contributed by atoms with Gasteiger partial charge in [-0.1, -0.05) is 17.7 Å². The molecule has 1 aliphatic heterocycles. The predicted octanol–water partition coefficient (Wildman–Crippen LogP) is 7.54. The molecule has 1 fully saturated rings. The Morgan fingerprint density at radius 1 is 0.892 bits per heavy atom. The Balaban J connectivity index is 0.947. The Kier molecular flexibility index (Phi) is 16.1. The molecule has 4 heterocycles. The monoisotopic (exact) mass is 915 g/mol. The third-order valence-electron chi connectivity index (χ3n) is 11.2. The van der Waals surface area contributed by atoms with E-state index in [1.807, 2.05) is 26.8 Å². The van der Waals surface area contributed by atoms with Crippen LogP contribution >= 0.6 is 11.6 Å². The number of aromatic nitrogens is 5. The zero-order chi connectivity index (χ0) is 46.8. The van der Waals surface area contributed by atoms with Crippen molar-refractivity contribution in [2.24, 2.45) is 13.0 Å². The smallest absolute Gasteiger partial charge is 0.407 e. The van der Waals surface area contributed by atoms with Gasteiger partial charge in [-0.25, -0.2) is 18.6 Å². The zero-order valence-corrected chi connectivity index (χ0v) is 38.4. The second-order valence-corrected chi connectivity index (χ2v) is 17.4. The maximum absolute atomic E-state index is 15.6. The summed E-state index contributed by atoms with van der Waals surface area (Å²) in [6.45, 7) is 9.88. The SMILES string of the molecule is COCCn1ncc(-c2ccc(-c3cnc(C(=O)Nc4ccc(C(=O)N5CCC(C(=O)NCCCc6ccnc(CCCNC(=O)OC(C)(C)C)c6)CC5)c(Cl)c4)n3C)c(F)c2F)c1C. The van der Waals surface area contributed by atoms with E-state index in [-0.39, 0.29) is 51.0 Å². The van der Waals surface area contributed by atoms with Gasteiger partial charge in [0.15, 0.2) is 17.5 Å². The molecule has 3 aromatic heterocycles. The van der Waals surface area contributed by atoms with E-state index in [4.69, 9.17) is 21.1 Å². The van der Waals surface area contributed by atoms with Crippen molar-refractivity contribution >= 4 is 41.1 Å². The first-order chi connectivity index (χ1) is 31.0. The van der Waals surface area contributed by atoms with E-state index in [1.165, 1.54) is 48.3 Å². The van der Waals surface area contributed by atoms with Gasteiger partial charge in [0.25, 0.3) is 11.8 Å². The highest BCUT2D eigenvalue weighted by atomic mass is 35.5. The van der Waals surface area contributed by atoms with Crippen LogP contribution in [0.1, 0.15) is 84.4 Å². The van der Waals surface area contributed by atoms with E-state index < -0.39 is 29.2 Å². The van der Waals surface area contributed by atoms with Crippen molar-refractivity contribution < 1.29 is 37.4 Å². The fraction of sp³-hybridized carbons (Fsp3) is 0.426. The van der Waals surface area contributed by atoms with Crippen molar-refractivity contribution in [3.63, 3.8) is 0 Å². The second-order valence-electron chi connectivity index (χ2n) is 17.0. The molecule has 65 heavy (non-hydrogen) atoms. The number of carbonyl (C=O) groups excluding carboxylic acids is 4. The van der Waals surface area contributed by atoms with E-state index in [2.05, 4.69) is 37.1 Å². The lowest BCUT2D eigenvalue weighted by Gasteiger charge is -2.31. The number of hydrogen-bond donors (Lipinski definition) is 3. The number of nitrogens with one attached hydrogen (secondary N) is 3. The number of benzene rings is 2. The first-order valence-electron chi connectivity index (χ1n) is 21.6. The largest absolute Gasteiger partial charge is 0.444 e. The average molecular weight is 916 g/mol. The summed E-state index contributed by atoms with van der Waals surface area (Å²) in [5.41, 5.74) is 3.34. The lowest BCUT2D eigenvalue weighted by atomic mass is 9.95. The van der Waals surface area contributed by atoms with Gasteiger partial charge in [0.1, 0.15) is 5.60 Å². The highest BCUT2D eigenvalue weighted by molar-refractivity contribution is 6.34. The number of methoxy groups -OCH3 is 1. The summed E-state index contributed by atoms with van der Waals surface area (Å²) in [4.78, 5) is 62.0. The minimum absolute atomic E-state index is 0.0355. The van der Waals surface area contributed by atoms with E-state index >= 15 is 8.78 Å². The summed E-state index contributed by atoms with van der Waals surface area (Å²) in [6.07, 6.45) is 8.11. The number of anilines is 1. The summed E-state index contributed by atoms with van der Waals surface area (Å²) >= 11 is 6.58. The molecule has 0 bridgehead atoms. The average Bonchev–Trinajstić information content (AvgIpc) is 3.84. The van der Waals surface area contributed by atoms with Crippen LogP contribution in [-0.2, 0) is 40.7 Å². The van der Waals surface area contributed by atoms with Crippen LogP contribution in [0, 0.1) is 24.5 Å². The summed E-state index contributed by atoms with van der Waals surface area (Å²) < 4.78 is 44.5. The molecule has 3 N–H and O–H groups in total. The standard InChI is InChI=1S/C47H56ClF2N9O6/c1-29-37(27-55-59(29)23-24-64-6)34-13-14-36(41(50)40(34)49)39-28-54-42(57(39)5)44(61)56-33-11-12-35(38(48)26-33)45(62)58-21-16-31(17-22-58)43(60)52-18-7-9-30-15-20-51-32(25-30)10-8-19-53-46(63)65-47(2,3)4/h11-15,20,25-28,31H,7-10,16-19,21-24H2,1-6H3,(H,52,60)(H,53,63)(H,56,61). The lowest BCUT2D eigenvalue weighted by Crippen LogP contribution is -2.43. The number of alkyl carbamates (subject to hydrolysis) is 1. The molecule has 0 saturated carbocycles. The summed E-state index contributed by atoms with van der Waals surface area (Å²) in [7, 11) is 3.09. The number of pyridine rings is 1. The molecule has 0 aliphatic carbocycles. The summed E-state index contributed by atoms with van der Waals surface area (Å²) in [5, 5.41) is 12.9. The van der Waals surface area contributed by atoms with Gasteiger partial charge in [0, 0.05) is 86.2 Å².